The van der Waals surface area contributed by atoms with Crippen LogP contribution in [-0.4, -0.2) is 25.9 Å². The third kappa shape index (κ3) is 3.28. The Morgan fingerprint density at radius 1 is 1.37 bits per heavy atom. The highest BCUT2D eigenvalue weighted by molar-refractivity contribution is 5.37. The van der Waals surface area contributed by atoms with E-state index in [9.17, 15) is 0 Å². The van der Waals surface area contributed by atoms with E-state index in [4.69, 9.17) is 9.47 Å². The minimum atomic E-state index is 0.213. The number of nitrogens with one attached hydrogen (secondary N) is 1. The van der Waals surface area contributed by atoms with Crippen LogP contribution in [0.15, 0.2) is 24.3 Å². The number of para-hydroxylation sites is 1. The number of hydrogen-bond donors (Lipinski definition) is 1. The molecule has 0 saturated carbocycles. The lowest BCUT2D eigenvalue weighted by molar-refractivity contribution is 0.0602. The van der Waals surface area contributed by atoms with E-state index in [1.54, 1.807) is 0 Å². The fourth-order valence-electron chi connectivity index (χ4n) is 2.79. The largest absolute Gasteiger partial charge is 0.494 e. The molecule has 1 aromatic carbocycles. The molecule has 0 aliphatic carbocycles. The predicted molar refractivity (Wildman–Crippen MR) is 77.5 cm³/mol. The number of rotatable bonds is 6. The normalized spacial score (nSPS) is 24.4. The van der Waals surface area contributed by atoms with Crippen molar-refractivity contribution < 1.29 is 9.47 Å². The molecule has 1 aliphatic rings. The highest BCUT2D eigenvalue weighted by atomic mass is 16.5. The quantitative estimate of drug-likeness (QED) is 0.855. The van der Waals surface area contributed by atoms with Crippen molar-refractivity contribution in [1.82, 2.24) is 5.32 Å². The number of likely N-dealkylation sites (N-methyl/N-ethyl adjacent to an activating group) is 1. The summed E-state index contributed by atoms with van der Waals surface area (Å²) in [6.07, 6.45) is 1.38. The maximum Gasteiger partial charge on any atom is 0.124 e. The van der Waals surface area contributed by atoms with Gasteiger partial charge in [0, 0.05) is 12.2 Å². The Balaban J connectivity index is 2.27. The minimum absolute atomic E-state index is 0.213. The molecule has 19 heavy (non-hydrogen) atoms. The first-order valence-electron chi connectivity index (χ1n) is 7.34. The Hall–Kier alpha value is -1.06. The van der Waals surface area contributed by atoms with Crippen molar-refractivity contribution in [1.29, 1.82) is 0 Å². The Morgan fingerprint density at radius 3 is 2.79 bits per heavy atom. The molecule has 106 valence electrons. The monoisotopic (exact) mass is 263 g/mol. The zero-order valence-electron chi connectivity index (χ0n) is 12.2. The number of benzene rings is 1. The van der Waals surface area contributed by atoms with Gasteiger partial charge < -0.3 is 14.8 Å². The molecule has 1 saturated heterocycles. The fourth-order valence-corrected chi connectivity index (χ4v) is 2.79. The molecular weight excluding hydrogens is 238 g/mol. The third-order valence-electron chi connectivity index (χ3n) is 3.75. The van der Waals surface area contributed by atoms with Gasteiger partial charge >= 0.3 is 0 Å². The second kappa shape index (κ2) is 6.92. The van der Waals surface area contributed by atoms with Gasteiger partial charge in [-0.15, -0.1) is 0 Å². The van der Waals surface area contributed by atoms with Crippen molar-refractivity contribution in [3.8, 4) is 5.75 Å². The van der Waals surface area contributed by atoms with E-state index in [2.05, 4.69) is 31.3 Å². The summed E-state index contributed by atoms with van der Waals surface area (Å²) >= 11 is 0. The van der Waals surface area contributed by atoms with Crippen molar-refractivity contribution in [2.24, 2.45) is 5.92 Å². The molecule has 0 bridgehead atoms. The molecule has 1 N–H and O–H groups in total. The second-order valence-corrected chi connectivity index (χ2v) is 5.11. The van der Waals surface area contributed by atoms with Gasteiger partial charge in [-0.25, -0.2) is 0 Å². The van der Waals surface area contributed by atoms with Crippen molar-refractivity contribution in [2.75, 3.05) is 19.8 Å². The Morgan fingerprint density at radius 2 is 2.16 bits per heavy atom. The van der Waals surface area contributed by atoms with Crippen molar-refractivity contribution in [3.63, 3.8) is 0 Å². The highest BCUT2D eigenvalue weighted by Crippen LogP contribution is 2.35. The summed E-state index contributed by atoms with van der Waals surface area (Å²) in [6.45, 7) is 8.91. The van der Waals surface area contributed by atoms with Crippen LogP contribution in [-0.2, 0) is 4.74 Å². The van der Waals surface area contributed by atoms with E-state index in [1.165, 1.54) is 5.56 Å². The van der Waals surface area contributed by atoms with Gasteiger partial charge in [-0.3, -0.25) is 0 Å². The van der Waals surface area contributed by atoms with E-state index < -0.39 is 0 Å². The van der Waals surface area contributed by atoms with Gasteiger partial charge in [-0.1, -0.05) is 32.0 Å². The van der Waals surface area contributed by atoms with Gasteiger partial charge in [0.15, 0.2) is 0 Å². The molecule has 1 fully saturated rings. The molecule has 1 aliphatic heterocycles. The first-order chi connectivity index (χ1) is 9.27. The minimum Gasteiger partial charge on any atom is -0.494 e. The molecule has 1 heterocycles. The van der Waals surface area contributed by atoms with E-state index in [1.807, 2.05) is 19.1 Å². The van der Waals surface area contributed by atoms with Crippen LogP contribution in [0.3, 0.4) is 0 Å². The molecular formula is C16H25NO2. The van der Waals surface area contributed by atoms with E-state index >= 15 is 0 Å². The SMILES string of the molecule is CCNC(c1ccccc1OCC)C1OCCC1C. The maximum atomic E-state index is 5.95. The number of ether oxygens (including phenoxy) is 2. The topological polar surface area (TPSA) is 30.5 Å². The van der Waals surface area contributed by atoms with Crippen LogP contribution in [0.25, 0.3) is 0 Å². The Kier molecular flexibility index (Phi) is 5.23. The first-order valence-corrected chi connectivity index (χ1v) is 7.34. The van der Waals surface area contributed by atoms with Crippen molar-refractivity contribution in [2.45, 2.75) is 39.3 Å². The van der Waals surface area contributed by atoms with Crippen molar-refractivity contribution in [3.05, 3.63) is 29.8 Å². The van der Waals surface area contributed by atoms with Gasteiger partial charge in [-0.2, -0.15) is 0 Å². The fraction of sp³-hybridized carbons (Fsp3) is 0.625. The first kappa shape index (κ1) is 14.4. The summed E-state index contributed by atoms with van der Waals surface area (Å²) in [5.74, 6) is 1.55. The standard InChI is InChI=1S/C16H25NO2/c1-4-17-15(16-12(3)10-11-19-16)13-8-6-7-9-14(13)18-5-2/h6-9,12,15-17H,4-5,10-11H2,1-3H3. The smallest absolute Gasteiger partial charge is 0.124 e. The number of hydrogen-bond acceptors (Lipinski definition) is 3. The summed E-state index contributed by atoms with van der Waals surface area (Å²) in [6, 6.07) is 8.50. The van der Waals surface area contributed by atoms with E-state index in [-0.39, 0.29) is 12.1 Å². The molecule has 3 nitrogen and oxygen atoms in total. The molecule has 0 aromatic heterocycles. The average molecular weight is 263 g/mol. The summed E-state index contributed by atoms with van der Waals surface area (Å²) in [7, 11) is 0. The van der Waals surface area contributed by atoms with Gasteiger partial charge in [0.1, 0.15) is 5.75 Å². The van der Waals surface area contributed by atoms with Crippen LogP contribution in [0.5, 0.6) is 5.75 Å². The molecule has 3 atom stereocenters. The maximum absolute atomic E-state index is 5.95. The third-order valence-corrected chi connectivity index (χ3v) is 3.75. The summed E-state index contributed by atoms with van der Waals surface area (Å²) in [5.41, 5.74) is 1.21. The molecule has 0 spiro atoms. The molecule has 0 amide bonds. The van der Waals surface area contributed by atoms with Gasteiger partial charge in [0.05, 0.1) is 18.8 Å². The van der Waals surface area contributed by atoms with Crippen molar-refractivity contribution >= 4 is 0 Å². The summed E-state index contributed by atoms with van der Waals surface area (Å²) in [5, 5.41) is 3.57. The molecule has 3 unspecified atom stereocenters. The zero-order valence-corrected chi connectivity index (χ0v) is 12.2. The van der Waals surface area contributed by atoms with Gasteiger partial charge in [-0.05, 0) is 31.9 Å². The second-order valence-electron chi connectivity index (χ2n) is 5.11. The molecule has 0 radical (unpaired) electrons. The lowest BCUT2D eigenvalue weighted by atomic mass is 9.92. The van der Waals surface area contributed by atoms with Gasteiger partial charge in [0.2, 0.25) is 0 Å². The highest BCUT2D eigenvalue weighted by Gasteiger charge is 2.33. The average Bonchev–Trinajstić information content (AvgIpc) is 2.84. The van der Waals surface area contributed by atoms with Crippen LogP contribution in [0, 0.1) is 5.92 Å². The predicted octanol–water partition coefficient (Wildman–Crippen LogP) is 3.16. The van der Waals surface area contributed by atoms with Crippen LogP contribution >= 0.6 is 0 Å². The Labute approximate surface area is 116 Å². The molecule has 1 aromatic rings. The van der Waals surface area contributed by atoms with Crippen LogP contribution in [0.4, 0.5) is 0 Å². The van der Waals surface area contributed by atoms with Crippen LogP contribution < -0.4 is 10.1 Å². The Bertz CT molecular complexity index is 394. The lowest BCUT2D eigenvalue weighted by Crippen LogP contribution is -2.35. The zero-order chi connectivity index (χ0) is 13.7. The molecule has 2 rings (SSSR count). The van der Waals surface area contributed by atoms with Crippen LogP contribution in [0.1, 0.15) is 38.8 Å². The van der Waals surface area contributed by atoms with E-state index in [0.717, 1.165) is 25.3 Å². The van der Waals surface area contributed by atoms with E-state index in [0.29, 0.717) is 12.5 Å². The molecule has 3 heteroatoms. The lowest BCUT2D eigenvalue weighted by Gasteiger charge is -2.28. The summed E-state index contributed by atoms with van der Waals surface area (Å²) in [4.78, 5) is 0. The van der Waals surface area contributed by atoms with Gasteiger partial charge in [0.25, 0.3) is 0 Å². The van der Waals surface area contributed by atoms with Crippen LogP contribution in [0.2, 0.25) is 0 Å². The summed E-state index contributed by atoms with van der Waals surface area (Å²) < 4.78 is 11.7.